The lowest BCUT2D eigenvalue weighted by Gasteiger charge is -2.20. The van der Waals surface area contributed by atoms with Gasteiger partial charge < -0.3 is 15.5 Å². The number of aromatic nitrogens is 1. The molecule has 1 saturated heterocycles. The molecule has 1 aliphatic heterocycles. The van der Waals surface area contributed by atoms with Crippen molar-refractivity contribution in [2.75, 3.05) is 38.5 Å². The van der Waals surface area contributed by atoms with E-state index in [-0.39, 0.29) is 11.5 Å². The summed E-state index contributed by atoms with van der Waals surface area (Å²) in [6, 6.07) is 1.21. The van der Waals surface area contributed by atoms with E-state index in [0.717, 1.165) is 25.8 Å². The van der Waals surface area contributed by atoms with Crippen molar-refractivity contribution in [1.82, 2.24) is 15.2 Å². The Morgan fingerprint density at radius 2 is 2.19 bits per heavy atom. The average Bonchev–Trinajstić information content (AvgIpc) is 2.97. The van der Waals surface area contributed by atoms with Gasteiger partial charge in [-0.2, -0.15) is 0 Å². The number of nitrogens with zero attached hydrogens (tertiary/aromatic N) is 2. The van der Waals surface area contributed by atoms with E-state index in [4.69, 9.17) is 0 Å². The summed E-state index contributed by atoms with van der Waals surface area (Å²) in [6.07, 6.45) is 3.62. The van der Waals surface area contributed by atoms with Gasteiger partial charge in [0, 0.05) is 20.1 Å². The van der Waals surface area contributed by atoms with E-state index in [1.807, 2.05) is 0 Å². The van der Waals surface area contributed by atoms with Crippen molar-refractivity contribution in [2.45, 2.75) is 19.8 Å². The average molecular weight is 294 g/mol. The molecule has 2 rings (SSSR count). The summed E-state index contributed by atoms with van der Waals surface area (Å²) in [4.78, 5) is 18.4. The van der Waals surface area contributed by atoms with Gasteiger partial charge in [0.05, 0.1) is 11.8 Å². The zero-order chi connectivity index (χ0) is 15.2. The second-order valence-corrected chi connectivity index (χ2v) is 5.62. The van der Waals surface area contributed by atoms with Crippen LogP contribution in [0.5, 0.6) is 0 Å². The van der Waals surface area contributed by atoms with E-state index in [2.05, 4.69) is 27.4 Å². The second kappa shape index (κ2) is 7.36. The minimum absolute atomic E-state index is 0.242. The molecule has 1 aromatic rings. The van der Waals surface area contributed by atoms with E-state index in [9.17, 15) is 9.18 Å². The van der Waals surface area contributed by atoms with Crippen molar-refractivity contribution in [1.29, 1.82) is 0 Å². The zero-order valence-electron chi connectivity index (χ0n) is 12.7. The smallest absolute Gasteiger partial charge is 0.255 e. The molecule has 1 amide bonds. The second-order valence-electron chi connectivity index (χ2n) is 5.62. The SMILES string of the molecule is CNc1ncc(F)cc1C(=O)NCC(C)CN1CCCC1. The van der Waals surface area contributed by atoms with Gasteiger partial charge in [0.2, 0.25) is 0 Å². The third-order valence-corrected chi connectivity index (χ3v) is 3.72. The highest BCUT2D eigenvalue weighted by Gasteiger charge is 2.17. The molecule has 0 saturated carbocycles. The minimum Gasteiger partial charge on any atom is -0.372 e. The van der Waals surface area contributed by atoms with E-state index in [1.54, 1.807) is 7.05 Å². The van der Waals surface area contributed by atoms with E-state index >= 15 is 0 Å². The predicted octanol–water partition coefficient (Wildman–Crippen LogP) is 1.72. The molecular formula is C15H23FN4O. The molecule has 21 heavy (non-hydrogen) atoms. The Morgan fingerprint density at radius 3 is 2.86 bits per heavy atom. The number of amides is 1. The van der Waals surface area contributed by atoms with Crippen LogP contribution >= 0.6 is 0 Å². The van der Waals surface area contributed by atoms with Gasteiger partial charge in [-0.05, 0) is 37.9 Å². The first-order valence-electron chi connectivity index (χ1n) is 7.44. The fraction of sp³-hybridized carbons (Fsp3) is 0.600. The predicted molar refractivity (Wildman–Crippen MR) is 80.9 cm³/mol. The van der Waals surface area contributed by atoms with Crippen molar-refractivity contribution in [3.63, 3.8) is 0 Å². The molecule has 0 spiro atoms. The number of rotatable bonds is 6. The van der Waals surface area contributed by atoms with Gasteiger partial charge in [-0.1, -0.05) is 6.92 Å². The Kier molecular flexibility index (Phi) is 5.50. The number of hydrogen-bond acceptors (Lipinski definition) is 4. The van der Waals surface area contributed by atoms with Crippen molar-refractivity contribution in [2.24, 2.45) is 5.92 Å². The van der Waals surface area contributed by atoms with Crippen LogP contribution in [-0.2, 0) is 0 Å². The van der Waals surface area contributed by atoms with Crippen molar-refractivity contribution < 1.29 is 9.18 Å². The standard InChI is InChI=1S/C15H23FN4O/c1-11(10-20-5-3-4-6-20)8-19-15(21)13-7-12(16)9-18-14(13)17-2/h7,9,11H,3-6,8,10H2,1-2H3,(H,17,18)(H,19,21). The molecule has 0 aliphatic carbocycles. The first kappa shape index (κ1) is 15.7. The van der Waals surface area contributed by atoms with Crippen LogP contribution in [0, 0.1) is 11.7 Å². The maximum atomic E-state index is 13.2. The Bertz CT molecular complexity index is 489. The molecule has 0 aromatic carbocycles. The molecule has 2 heterocycles. The fourth-order valence-corrected chi connectivity index (χ4v) is 2.64. The number of likely N-dealkylation sites (tertiary alicyclic amines) is 1. The van der Waals surface area contributed by atoms with Gasteiger partial charge in [0.1, 0.15) is 11.6 Å². The van der Waals surface area contributed by atoms with Crippen molar-refractivity contribution >= 4 is 11.7 Å². The summed E-state index contributed by atoms with van der Waals surface area (Å²) in [5.74, 6) is -0.0448. The highest BCUT2D eigenvalue weighted by Crippen LogP contribution is 2.13. The molecule has 116 valence electrons. The summed E-state index contributed by atoms with van der Waals surface area (Å²) in [6.45, 7) is 5.98. The van der Waals surface area contributed by atoms with Crippen LogP contribution in [0.4, 0.5) is 10.2 Å². The monoisotopic (exact) mass is 294 g/mol. The van der Waals surface area contributed by atoms with Crippen LogP contribution in [0.3, 0.4) is 0 Å². The van der Waals surface area contributed by atoms with E-state index in [1.165, 1.54) is 18.9 Å². The van der Waals surface area contributed by atoms with Crippen LogP contribution < -0.4 is 10.6 Å². The lowest BCUT2D eigenvalue weighted by atomic mass is 10.1. The largest absolute Gasteiger partial charge is 0.372 e. The summed E-state index contributed by atoms with van der Waals surface area (Å²) < 4.78 is 13.2. The Morgan fingerprint density at radius 1 is 1.48 bits per heavy atom. The molecule has 6 heteroatoms. The van der Waals surface area contributed by atoms with Crippen LogP contribution in [0.1, 0.15) is 30.1 Å². The van der Waals surface area contributed by atoms with Gasteiger partial charge in [-0.15, -0.1) is 0 Å². The molecule has 1 aromatic heterocycles. The van der Waals surface area contributed by atoms with Gasteiger partial charge in [0.25, 0.3) is 5.91 Å². The quantitative estimate of drug-likeness (QED) is 0.839. The van der Waals surface area contributed by atoms with Crippen LogP contribution in [-0.4, -0.2) is 49.0 Å². The van der Waals surface area contributed by atoms with Gasteiger partial charge >= 0.3 is 0 Å². The number of halogens is 1. The van der Waals surface area contributed by atoms with Gasteiger partial charge in [-0.3, -0.25) is 4.79 Å². The van der Waals surface area contributed by atoms with Crippen LogP contribution in [0.25, 0.3) is 0 Å². The van der Waals surface area contributed by atoms with Crippen molar-refractivity contribution in [3.8, 4) is 0 Å². The fourth-order valence-electron chi connectivity index (χ4n) is 2.64. The molecule has 0 radical (unpaired) electrons. The maximum Gasteiger partial charge on any atom is 0.255 e. The highest BCUT2D eigenvalue weighted by molar-refractivity contribution is 5.98. The van der Waals surface area contributed by atoms with E-state index in [0.29, 0.717) is 18.3 Å². The van der Waals surface area contributed by atoms with E-state index < -0.39 is 5.82 Å². The summed E-state index contributed by atoms with van der Waals surface area (Å²) >= 11 is 0. The highest BCUT2D eigenvalue weighted by atomic mass is 19.1. The third-order valence-electron chi connectivity index (χ3n) is 3.72. The summed E-state index contributed by atoms with van der Waals surface area (Å²) in [5.41, 5.74) is 0.242. The lowest BCUT2D eigenvalue weighted by molar-refractivity contribution is 0.0945. The maximum absolute atomic E-state index is 13.2. The van der Waals surface area contributed by atoms with Gasteiger partial charge in [-0.25, -0.2) is 9.37 Å². The molecule has 1 atom stereocenters. The molecular weight excluding hydrogens is 271 g/mol. The number of pyridine rings is 1. The first-order chi connectivity index (χ1) is 10.1. The third kappa shape index (κ3) is 4.39. The lowest BCUT2D eigenvalue weighted by Crippen LogP contribution is -2.34. The number of hydrogen-bond donors (Lipinski definition) is 2. The molecule has 1 unspecified atom stereocenters. The normalized spacial score (nSPS) is 16.7. The Balaban J connectivity index is 1.87. The number of carbonyl (C=O) groups is 1. The molecule has 1 fully saturated rings. The molecule has 0 bridgehead atoms. The first-order valence-corrected chi connectivity index (χ1v) is 7.44. The van der Waals surface area contributed by atoms with Crippen molar-refractivity contribution in [3.05, 3.63) is 23.6 Å². The van der Waals surface area contributed by atoms with Crippen LogP contribution in [0.2, 0.25) is 0 Å². The summed E-state index contributed by atoms with van der Waals surface area (Å²) in [5, 5.41) is 5.67. The zero-order valence-corrected chi connectivity index (χ0v) is 12.7. The molecule has 2 N–H and O–H groups in total. The topological polar surface area (TPSA) is 57.3 Å². The molecule has 1 aliphatic rings. The van der Waals surface area contributed by atoms with Gasteiger partial charge in [0.15, 0.2) is 0 Å². The number of nitrogens with one attached hydrogen (secondary N) is 2. The Hall–Kier alpha value is -1.69. The number of carbonyl (C=O) groups excluding carboxylic acids is 1. The Labute approximate surface area is 124 Å². The number of anilines is 1. The molecule has 5 nitrogen and oxygen atoms in total. The van der Waals surface area contributed by atoms with Crippen LogP contribution in [0.15, 0.2) is 12.3 Å². The summed E-state index contributed by atoms with van der Waals surface area (Å²) in [7, 11) is 1.66. The minimum atomic E-state index is -0.510.